The van der Waals surface area contributed by atoms with E-state index in [2.05, 4.69) is 9.97 Å². The number of carbonyl (C=O) groups excluding carboxylic acids is 1. The van der Waals surface area contributed by atoms with E-state index in [4.69, 9.17) is 17.0 Å². The summed E-state index contributed by atoms with van der Waals surface area (Å²) >= 11 is 6.92. The smallest absolute Gasteiger partial charge is 0.256 e. The third-order valence-electron chi connectivity index (χ3n) is 4.41. The molecular weight excluding hydrogens is 337 g/mol. The maximum absolute atomic E-state index is 13.9. The fourth-order valence-electron chi connectivity index (χ4n) is 3.37. The van der Waals surface area contributed by atoms with Gasteiger partial charge in [-0.3, -0.25) is 4.79 Å². The van der Waals surface area contributed by atoms with Gasteiger partial charge in [-0.2, -0.15) is 11.8 Å². The molecule has 0 aliphatic carbocycles. The zero-order chi connectivity index (χ0) is 16.0. The number of hydrogen-bond acceptors (Lipinski definition) is 4. The SMILES string of the molecule is O=C(c1cc(F)cc2[nH]c(=S)[nH]c12)N1CCSC2COCCC21. The van der Waals surface area contributed by atoms with Gasteiger partial charge in [-0.1, -0.05) is 0 Å². The highest BCUT2D eigenvalue weighted by atomic mass is 32.2. The fourth-order valence-corrected chi connectivity index (χ4v) is 4.88. The van der Waals surface area contributed by atoms with E-state index in [1.54, 1.807) is 0 Å². The van der Waals surface area contributed by atoms with Gasteiger partial charge in [0.05, 0.1) is 23.2 Å². The molecule has 1 amide bonds. The lowest BCUT2D eigenvalue weighted by Crippen LogP contribution is -2.54. The van der Waals surface area contributed by atoms with Crippen molar-refractivity contribution >= 4 is 40.9 Å². The van der Waals surface area contributed by atoms with Gasteiger partial charge in [0.2, 0.25) is 0 Å². The average Bonchev–Trinajstić information content (AvgIpc) is 2.92. The van der Waals surface area contributed by atoms with E-state index in [0.29, 0.717) is 46.4 Å². The number of nitrogens with one attached hydrogen (secondary N) is 2. The summed E-state index contributed by atoms with van der Waals surface area (Å²) in [5.74, 6) is 0.288. The number of carbonyl (C=O) groups is 1. The van der Waals surface area contributed by atoms with Gasteiger partial charge >= 0.3 is 0 Å². The third-order valence-corrected chi connectivity index (χ3v) is 5.92. The standard InChI is InChI=1S/C15H16FN3O2S2/c16-8-5-9(13-10(6-8)17-15(22)18-13)14(20)19-2-4-23-12-7-21-3-1-11(12)19/h5-6,11-12H,1-4,7H2,(H2,17,18,22). The van der Waals surface area contributed by atoms with Crippen LogP contribution in [-0.2, 0) is 4.74 Å². The molecule has 2 N–H and O–H groups in total. The van der Waals surface area contributed by atoms with Crippen LogP contribution in [0.3, 0.4) is 0 Å². The van der Waals surface area contributed by atoms with Gasteiger partial charge < -0.3 is 19.6 Å². The van der Waals surface area contributed by atoms with E-state index < -0.39 is 5.82 Å². The first kappa shape index (κ1) is 15.2. The Kier molecular flexibility index (Phi) is 3.90. The lowest BCUT2D eigenvalue weighted by molar-refractivity contribution is 0.0320. The summed E-state index contributed by atoms with van der Waals surface area (Å²) in [7, 11) is 0. The molecule has 8 heteroatoms. The van der Waals surface area contributed by atoms with Gasteiger partial charge in [0, 0.05) is 30.2 Å². The quantitative estimate of drug-likeness (QED) is 0.774. The van der Waals surface area contributed by atoms with E-state index in [9.17, 15) is 9.18 Å². The number of aromatic nitrogens is 2. The monoisotopic (exact) mass is 353 g/mol. The number of nitrogens with zero attached hydrogens (tertiary/aromatic N) is 1. The second-order valence-corrected chi connectivity index (χ2v) is 7.55. The molecule has 0 saturated carbocycles. The number of rotatable bonds is 1. The molecule has 1 aromatic heterocycles. The highest BCUT2D eigenvalue weighted by Gasteiger charge is 2.37. The number of hydrogen-bond donors (Lipinski definition) is 2. The average molecular weight is 353 g/mol. The van der Waals surface area contributed by atoms with Crippen LogP contribution in [0.5, 0.6) is 0 Å². The minimum Gasteiger partial charge on any atom is -0.380 e. The molecule has 2 saturated heterocycles. The molecule has 3 heterocycles. The number of amides is 1. The maximum Gasteiger partial charge on any atom is 0.256 e. The highest BCUT2D eigenvalue weighted by molar-refractivity contribution is 8.00. The van der Waals surface area contributed by atoms with Crippen LogP contribution < -0.4 is 0 Å². The Hall–Kier alpha value is -1.38. The molecule has 5 nitrogen and oxygen atoms in total. The third kappa shape index (κ3) is 2.68. The summed E-state index contributed by atoms with van der Waals surface area (Å²) < 4.78 is 19.8. The Bertz CT molecular complexity index is 817. The van der Waals surface area contributed by atoms with Crippen molar-refractivity contribution in [2.24, 2.45) is 0 Å². The number of H-pyrrole nitrogens is 2. The Morgan fingerprint density at radius 1 is 1.43 bits per heavy atom. The summed E-state index contributed by atoms with van der Waals surface area (Å²) in [4.78, 5) is 20.8. The fraction of sp³-hybridized carbons (Fsp3) is 0.467. The minimum absolute atomic E-state index is 0.142. The second-order valence-electron chi connectivity index (χ2n) is 5.79. The van der Waals surface area contributed by atoms with Crippen LogP contribution in [0, 0.1) is 10.6 Å². The molecule has 2 unspecified atom stereocenters. The lowest BCUT2D eigenvalue weighted by atomic mass is 10.0. The van der Waals surface area contributed by atoms with Crippen LogP contribution in [0.25, 0.3) is 11.0 Å². The van der Waals surface area contributed by atoms with Crippen molar-refractivity contribution in [3.63, 3.8) is 0 Å². The van der Waals surface area contributed by atoms with Crippen molar-refractivity contribution in [1.82, 2.24) is 14.9 Å². The normalized spacial score (nSPS) is 24.7. The van der Waals surface area contributed by atoms with Crippen molar-refractivity contribution in [2.75, 3.05) is 25.5 Å². The summed E-state index contributed by atoms with van der Waals surface area (Å²) in [6, 6.07) is 2.79. The molecule has 1 aromatic carbocycles. The van der Waals surface area contributed by atoms with Crippen LogP contribution in [0.2, 0.25) is 0 Å². The van der Waals surface area contributed by atoms with Gasteiger partial charge in [0.1, 0.15) is 5.82 Å². The number of benzene rings is 1. The number of thioether (sulfide) groups is 1. The van der Waals surface area contributed by atoms with Crippen LogP contribution in [0.4, 0.5) is 4.39 Å². The predicted molar refractivity (Wildman–Crippen MR) is 89.9 cm³/mol. The second kappa shape index (κ2) is 5.92. The van der Waals surface area contributed by atoms with Gasteiger partial charge in [-0.05, 0) is 30.8 Å². The van der Waals surface area contributed by atoms with Gasteiger partial charge in [0.25, 0.3) is 5.91 Å². The molecule has 2 aliphatic heterocycles. The van der Waals surface area contributed by atoms with Crippen LogP contribution in [-0.4, -0.2) is 57.6 Å². The number of ether oxygens (including phenoxy) is 1. The molecule has 23 heavy (non-hydrogen) atoms. The number of aromatic amines is 2. The minimum atomic E-state index is -0.444. The lowest BCUT2D eigenvalue weighted by Gasteiger charge is -2.43. The molecule has 2 aliphatic rings. The summed E-state index contributed by atoms with van der Waals surface area (Å²) in [5.41, 5.74) is 1.43. The van der Waals surface area contributed by atoms with Crippen LogP contribution in [0.15, 0.2) is 12.1 Å². The Morgan fingerprint density at radius 3 is 3.17 bits per heavy atom. The van der Waals surface area contributed by atoms with E-state index >= 15 is 0 Å². The molecule has 4 rings (SSSR count). The van der Waals surface area contributed by atoms with E-state index in [-0.39, 0.29) is 11.9 Å². The van der Waals surface area contributed by atoms with E-state index in [1.807, 2.05) is 16.7 Å². The van der Waals surface area contributed by atoms with Crippen molar-refractivity contribution in [3.05, 3.63) is 28.3 Å². The Balaban J connectivity index is 1.75. The van der Waals surface area contributed by atoms with Gasteiger partial charge in [-0.25, -0.2) is 4.39 Å². The van der Waals surface area contributed by atoms with Gasteiger partial charge in [-0.15, -0.1) is 0 Å². The maximum atomic E-state index is 13.9. The number of imidazole rings is 1. The molecule has 2 aromatic rings. The largest absolute Gasteiger partial charge is 0.380 e. The molecular formula is C15H16FN3O2S2. The van der Waals surface area contributed by atoms with Crippen molar-refractivity contribution in [1.29, 1.82) is 0 Å². The van der Waals surface area contributed by atoms with E-state index in [1.165, 1.54) is 12.1 Å². The summed E-state index contributed by atoms with van der Waals surface area (Å²) in [6.45, 7) is 2.01. The first-order valence-corrected chi connectivity index (χ1v) is 9.01. The number of fused-ring (bicyclic) bond motifs is 2. The van der Waals surface area contributed by atoms with E-state index in [0.717, 1.165) is 12.2 Å². The van der Waals surface area contributed by atoms with Crippen molar-refractivity contribution in [2.45, 2.75) is 17.7 Å². The summed E-state index contributed by atoms with van der Waals surface area (Å²) in [5, 5.41) is 0.301. The predicted octanol–water partition coefficient (Wildman–Crippen LogP) is 2.71. The first-order valence-electron chi connectivity index (χ1n) is 7.55. The Morgan fingerprint density at radius 2 is 2.30 bits per heavy atom. The van der Waals surface area contributed by atoms with Crippen molar-refractivity contribution < 1.29 is 13.9 Å². The molecule has 0 radical (unpaired) electrons. The van der Waals surface area contributed by atoms with Crippen LogP contribution >= 0.6 is 24.0 Å². The zero-order valence-corrected chi connectivity index (χ0v) is 13.9. The molecule has 0 spiro atoms. The van der Waals surface area contributed by atoms with Crippen LogP contribution in [0.1, 0.15) is 16.8 Å². The van der Waals surface area contributed by atoms with Gasteiger partial charge in [0.15, 0.2) is 4.77 Å². The highest BCUT2D eigenvalue weighted by Crippen LogP contribution is 2.32. The molecule has 0 bridgehead atoms. The zero-order valence-electron chi connectivity index (χ0n) is 12.3. The molecule has 122 valence electrons. The number of halogens is 1. The first-order chi connectivity index (χ1) is 11.1. The van der Waals surface area contributed by atoms with Crippen molar-refractivity contribution in [3.8, 4) is 0 Å². The summed E-state index contributed by atoms with van der Waals surface area (Å²) in [6.07, 6.45) is 0.824. The molecule has 2 atom stereocenters. The topological polar surface area (TPSA) is 61.1 Å². The molecule has 2 fully saturated rings. The Labute approximate surface area is 141 Å².